The van der Waals surface area contributed by atoms with Crippen LogP contribution in [0.5, 0.6) is 0 Å². The van der Waals surface area contributed by atoms with E-state index in [1.165, 1.54) is 10.9 Å². The molecule has 0 spiro atoms. The number of hydrogen-bond donors (Lipinski definition) is 1. The Bertz CT molecular complexity index is 530. The molecule has 2 aromatic rings. The Kier molecular flexibility index (Phi) is 4.03. The number of para-hydroxylation sites is 1. The van der Waals surface area contributed by atoms with Crippen molar-refractivity contribution in [2.75, 3.05) is 12.8 Å². The van der Waals surface area contributed by atoms with E-state index in [9.17, 15) is 0 Å². The van der Waals surface area contributed by atoms with Gasteiger partial charge in [0.2, 0.25) is 0 Å². The minimum Gasteiger partial charge on any atom is -0.461 e. The molecule has 1 N–H and O–H groups in total. The molecule has 0 unspecified atom stereocenters. The molecule has 2 rings (SSSR count). The zero-order valence-electron chi connectivity index (χ0n) is 11.5. The minimum absolute atomic E-state index is 0.271. The molecule has 3 heteroatoms. The van der Waals surface area contributed by atoms with Gasteiger partial charge in [0.05, 0.1) is 0 Å². The quantitative estimate of drug-likeness (QED) is 0.883. The summed E-state index contributed by atoms with van der Waals surface area (Å²) in [5.41, 5.74) is 2.26. The van der Waals surface area contributed by atoms with E-state index in [-0.39, 0.29) is 4.75 Å². The number of hydrogen-bond acceptors (Lipinski definition) is 3. The lowest BCUT2D eigenvalue weighted by Crippen LogP contribution is -2.31. The Morgan fingerprint density at radius 1 is 1.28 bits per heavy atom. The molecule has 0 aliphatic rings. The average Bonchev–Trinajstić information content (AvgIpc) is 2.66. The first-order valence-corrected chi connectivity index (χ1v) is 7.49. The second kappa shape index (κ2) is 5.37. The van der Waals surface area contributed by atoms with Gasteiger partial charge in [-0.05, 0) is 33.1 Å². The van der Waals surface area contributed by atoms with Gasteiger partial charge in [-0.15, -0.1) is 0 Å². The number of nitrogens with one attached hydrogen (secondary N) is 1. The Morgan fingerprint density at radius 2 is 2.00 bits per heavy atom. The summed E-state index contributed by atoms with van der Waals surface area (Å²) in [7, 11) is 0. The maximum Gasteiger partial charge on any atom is 0.134 e. The van der Waals surface area contributed by atoms with Crippen molar-refractivity contribution in [3.8, 4) is 0 Å². The van der Waals surface area contributed by atoms with E-state index in [2.05, 4.69) is 37.6 Å². The smallest absolute Gasteiger partial charge is 0.134 e. The largest absolute Gasteiger partial charge is 0.461 e. The van der Waals surface area contributed by atoms with Gasteiger partial charge in [-0.3, -0.25) is 0 Å². The summed E-state index contributed by atoms with van der Waals surface area (Å²) in [5.74, 6) is 1.02. The Balaban J connectivity index is 2.10. The van der Waals surface area contributed by atoms with Gasteiger partial charge in [0.1, 0.15) is 11.3 Å². The number of fused-ring (bicyclic) bond motifs is 1. The van der Waals surface area contributed by atoms with Gasteiger partial charge >= 0.3 is 0 Å². The second-order valence-corrected chi connectivity index (χ2v) is 6.71. The number of thioether (sulfide) groups is 1. The van der Waals surface area contributed by atoms with Crippen LogP contribution in [0.1, 0.15) is 25.2 Å². The predicted molar refractivity (Wildman–Crippen MR) is 80.3 cm³/mol. The normalized spacial score (nSPS) is 12.2. The summed E-state index contributed by atoms with van der Waals surface area (Å²) in [5, 5.41) is 4.76. The van der Waals surface area contributed by atoms with E-state index in [1.54, 1.807) is 0 Å². The predicted octanol–water partition coefficient (Wildman–Crippen LogP) is 3.97. The molecule has 1 heterocycles. The number of benzene rings is 1. The first-order chi connectivity index (χ1) is 8.53. The molecule has 0 radical (unpaired) electrons. The molecular formula is C15H21NOS. The molecular weight excluding hydrogens is 242 g/mol. The van der Waals surface area contributed by atoms with E-state index in [1.807, 2.05) is 30.8 Å². The van der Waals surface area contributed by atoms with Gasteiger partial charge in [-0.2, -0.15) is 11.8 Å². The SMILES string of the molecule is CSC(C)(C)CNCc1c(C)oc2ccccc12. The monoisotopic (exact) mass is 263 g/mol. The second-order valence-electron chi connectivity index (χ2n) is 5.20. The molecule has 0 saturated carbocycles. The topological polar surface area (TPSA) is 25.2 Å². The third kappa shape index (κ3) is 2.90. The molecule has 0 fully saturated rings. The molecule has 0 aliphatic carbocycles. The third-order valence-corrected chi connectivity index (χ3v) is 4.55. The van der Waals surface area contributed by atoms with Gasteiger partial charge in [-0.25, -0.2) is 0 Å². The number of furan rings is 1. The summed E-state index contributed by atoms with van der Waals surface area (Å²) < 4.78 is 6.03. The van der Waals surface area contributed by atoms with E-state index in [4.69, 9.17) is 4.42 Å². The van der Waals surface area contributed by atoms with Gasteiger partial charge in [-0.1, -0.05) is 18.2 Å². The number of rotatable bonds is 5. The van der Waals surface area contributed by atoms with Crippen molar-refractivity contribution in [2.45, 2.75) is 32.1 Å². The van der Waals surface area contributed by atoms with Gasteiger partial charge in [0.25, 0.3) is 0 Å². The molecule has 0 amide bonds. The number of aryl methyl sites for hydroxylation is 1. The summed E-state index contributed by atoms with van der Waals surface area (Å²) >= 11 is 1.89. The molecule has 2 nitrogen and oxygen atoms in total. The summed E-state index contributed by atoms with van der Waals surface area (Å²) in [4.78, 5) is 0. The van der Waals surface area contributed by atoms with Crippen LogP contribution < -0.4 is 5.32 Å². The van der Waals surface area contributed by atoms with Crippen LogP contribution >= 0.6 is 11.8 Å². The maximum atomic E-state index is 5.76. The van der Waals surface area contributed by atoms with Crippen LogP contribution in [0.4, 0.5) is 0 Å². The molecule has 0 atom stereocenters. The fraction of sp³-hybridized carbons (Fsp3) is 0.467. The Hall–Kier alpha value is -0.930. The minimum atomic E-state index is 0.271. The molecule has 0 bridgehead atoms. The highest BCUT2D eigenvalue weighted by Crippen LogP contribution is 2.25. The average molecular weight is 263 g/mol. The van der Waals surface area contributed by atoms with Crippen molar-refractivity contribution >= 4 is 22.7 Å². The van der Waals surface area contributed by atoms with Crippen LogP contribution in [0.25, 0.3) is 11.0 Å². The summed E-state index contributed by atoms with van der Waals surface area (Å²) in [6.45, 7) is 8.41. The van der Waals surface area contributed by atoms with Crippen LogP contribution in [-0.2, 0) is 6.54 Å². The first-order valence-electron chi connectivity index (χ1n) is 6.26. The highest BCUT2D eigenvalue weighted by Gasteiger charge is 2.16. The molecule has 0 aliphatic heterocycles. The molecule has 1 aromatic carbocycles. The third-order valence-electron chi connectivity index (χ3n) is 3.31. The Labute approximate surface area is 113 Å². The molecule has 1 aromatic heterocycles. The van der Waals surface area contributed by atoms with Crippen molar-refractivity contribution in [1.82, 2.24) is 5.32 Å². The van der Waals surface area contributed by atoms with Crippen LogP contribution in [0, 0.1) is 6.92 Å². The van der Waals surface area contributed by atoms with Crippen molar-refractivity contribution in [3.63, 3.8) is 0 Å². The van der Waals surface area contributed by atoms with Crippen molar-refractivity contribution in [3.05, 3.63) is 35.6 Å². The van der Waals surface area contributed by atoms with Crippen molar-refractivity contribution in [2.24, 2.45) is 0 Å². The standard InChI is InChI=1S/C15H21NOS/c1-11-13(9-16-10-15(2,3)18-4)12-7-5-6-8-14(12)17-11/h5-8,16H,9-10H2,1-4H3. The van der Waals surface area contributed by atoms with Crippen molar-refractivity contribution < 1.29 is 4.42 Å². The Morgan fingerprint density at radius 3 is 2.72 bits per heavy atom. The zero-order chi connectivity index (χ0) is 13.2. The molecule has 98 valence electrons. The lowest BCUT2D eigenvalue weighted by molar-refractivity contribution is 0.554. The fourth-order valence-electron chi connectivity index (χ4n) is 2.00. The van der Waals surface area contributed by atoms with Crippen LogP contribution in [0.15, 0.2) is 28.7 Å². The van der Waals surface area contributed by atoms with E-state index < -0.39 is 0 Å². The highest BCUT2D eigenvalue weighted by atomic mass is 32.2. The van der Waals surface area contributed by atoms with Gasteiger partial charge in [0, 0.05) is 28.8 Å². The van der Waals surface area contributed by atoms with Crippen LogP contribution in [-0.4, -0.2) is 17.5 Å². The maximum absolute atomic E-state index is 5.76. The van der Waals surface area contributed by atoms with Crippen molar-refractivity contribution in [1.29, 1.82) is 0 Å². The summed E-state index contributed by atoms with van der Waals surface area (Å²) in [6.07, 6.45) is 2.15. The van der Waals surface area contributed by atoms with Gasteiger partial charge < -0.3 is 9.73 Å². The highest BCUT2D eigenvalue weighted by molar-refractivity contribution is 7.99. The molecule has 18 heavy (non-hydrogen) atoms. The van der Waals surface area contributed by atoms with E-state index >= 15 is 0 Å². The van der Waals surface area contributed by atoms with E-state index in [0.29, 0.717) is 0 Å². The fourth-order valence-corrected chi connectivity index (χ4v) is 2.25. The van der Waals surface area contributed by atoms with Gasteiger partial charge in [0.15, 0.2) is 0 Å². The zero-order valence-corrected chi connectivity index (χ0v) is 12.4. The molecule has 0 saturated heterocycles. The first kappa shape index (κ1) is 13.5. The van der Waals surface area contributed by atoms with Crippen LogP contribution in [0.2, 0.25) is 0 Å². The van der Waals surface area contributed by atoms with E-state index in [0.717, 1.165) is 24.4 Å². The lowest BCUT2D eigenvalue weighted by atomic mass is 10.1. The van der Waals surface area contributed by atoms with Crippen LogP contribution in [0.3, 0.4) is 0 Å². The summed E-state index contributed by atoms with van der Waals surface area (Å²) in [6, 6.07) is 8.23. The lowest BCUT2D eigenvalue weighted by Gasteiger charge is -2.22.